The minimum atomic E-state index is -0.849. The predicted octanol–water partition coefficient (Wildman–Crippen LogP) is 19.6. The zero-order chi connectivity index (χ0) is 50.7. The van der Waals surface area contributed by atoms with E-state index in [0.717, 1.165) is 51.4 Å². The van der Waals surface area contributed by atoms with Gasteiger partial charge < -0.3 is 20.3 Å². The molecule has 0 fully saturated rings. The van der Waals surface area contributed by atoms with Crippen molar-refractivity contribution in [3.8, 4) is 0 Å². The van der Waals surface area contributed by atoms with Crippen LogP contribution in [-0.2, 0) is 14.3 Å². The highest BCUT2D eigenvalue weighted by atomic mass is 16.5. The number of nitrogens with one attached hydrogen (secondary N) is 1. The van der Waals surface area contributed by atoms with Gasteiger partial charge in [-0.3, -0.25) is 9.59 Å². The lowest BCUT2D eigenvalue weighted by molar-refractivity contribution is -0.143. The molecule has 0 radical (unpaired) electrons. The van der Waals surface area contributed by atoms with Gasteiger partial charge in [0.15, 0.2) is 0 Å². The maximum atomic E-state index is 12.4. The third-order valence-electron chi connectivity index (χ3n) is 14.4. The largest absolute Gasteiger partial charge is 0.466 e. The van der Waals surface area contributed by atoms with Crippen LogP contribution >= 0.6 is 0 Å². The van der Waals surface area contributed by atoms with E-state index in [2.05, 4.69) is 43.5 Å². The summed E-state index contributed by atoms with van der Waals surface area (Å²) in [5.74, 6) is -0.0684. The Bertz CT molecular complexity index is 1130. The Morgan fingerprint density at radius 3 is 1.01 bits per heavy atom. The maximum absolute atomic E-state index is 12.4. The minimum absolute atomic E-state index is 0.00715. The molecule has 0 aromatic carbocycles. The third kappa shape index (κ3) is 55.4. The molecule has 6 heteroatoms. The first kappa shape index (κ1) is 68.1. The smallest absolute Gasteiger partial charge is 0.305 e. The van der Waals surface area contributed by atoms with Gasteiger partial charge in [-0.05, 0) is 83.5 Å². The second-order valence-corrected chi connectivity index (χ2v) is 21.4. The molecule has 0 aromatic heterocycles. The molecule has 0 spiro atoms. The Labute approximate surface area is 436 Å². The first-order valence-electron chi connectivity index (χ1n) is 31.3. The number of hydrogen-bond donors (Lipinski definition) is 3. The van der Waals surface area contributed by atoms with Crippen LogP contribution in [0.5, 0.6) is 0 Å². The number of aliphatic hydroxyl groups is 2. The monoisotopic (exact) mass is 984 g/mol. The van der Waals surface area contributed by atoms with Gasteiger partial charge in [0.2, 0.25) is 5.91 Å². The fourth-order valence-corrected chi connectivity index (χ4v) is 9.57. The topological polar surface area (TPSA) is 95.9 Å². The summed E-state index contributed by atoms with van der Waals surface area (Å²) in [6, 6.07) is -0.633. The SMILES string of the molecule is CCCCCCCC/C=C\CCCCCCCCCCCC(=O)OCCCCCCCCCCCC/C=C\CCCCCCCCCC(=O)NC(CO)C(O)/C=C/CCCCCCCCCCCCC. The van der Waals surface area contributed by atoms with Crippen molar-refractivity contribution in [1.29, 1.82) is 0 Å². The first-order chi connectivity index (χ1) is 34.5. The Hall–Kier alpha value is -1.92. The quantitative estimate of drug-likeness (QED) is 0.0321. The normalized spacial score (nSPS) is 12.8. The molecule has 70 heavy (non-hydrogen) atoms. The summed E-state index contributed by atoms with van der Waals surface area (Å²) in [6.07, 6.45) is 74.7. The number of allylic oxidation sites excluding steroid dienone is 5. The Kier molecular flexibility index (Phi) is 58.0. The highest BCUT2D eigenvalue weighted by Crippen LogP contribution is 2.17. The summed E-state index contributed by atoms with van der Waals surface area (Å²) in [6.45, 7) is 4.90. The van der Waals surface area contributed by atoms with E-state index in [0.29, 0.717) is 19.4 Å². The van der Waals surface area contributed by atoms with E-state index in [9.17, 15) is 19.8 Å². The van der Waals surface area contributed by atoms with E-state index < -0.39 is 12.1 Å². The van der Waals surface area contributed by atoms with Crippen molar-refractivity contribution in [2.75, 3.05) is 13.2 Å². The van der Waals surface area contributed by atoms with Gasteiger partial charge in [0.25, 0.3) is 0 Å². The van der Waals surface area contributed by atoms with Crippen LogP contribution in [0.2, 0.25) is 0 Å². The van der Waals surface area contributed by atoms with Crippen molar-refractivity contribution in [2.45, 2.75) is 347 Å². The molecule has 412 valence electrons. The molecule has 0 aliphatic carbocycles. The van der Waals surface area contributed by atoms with Crippen molar-refractivity contribution >= 4 is 11.9 Å². The number of rotatable bonds is 58. The molecule has 0 rings (SSSR count). The maximum Gasteiger partial charge on any atom is 0.305 e. The summed E-state index contributed by atoms with van der Waals surface area (Å²) >= 11 is 0. The van der Waals surface area contributed by atoms with Gasteiger partial charge in [0, 0.05) is 12.8 Å². The lowest BCUT2D eigenvalue weighted by Gasteiger charge is -2.20. The number of ether oxygens (including phenoxy) is 1. The zero-order valence-corrected chi connectivity index (χ0v) is 47.0. The summed E-state index contributed by atoms with van der Waals surface area (Å²) in [5, 5.41) is 23.1. The number of amides is 1. The van der Waals surface area contributed by atoms with E-state index in [-0.39, 0.29) is 18.5 Å². The van der Waals surface area contributed by atoms with Gasteiger partial charge in [0.05, 0.1) is 25.4 Å². The number of esters is 1. The molecule has 0 bridgehead atoms. The van der Waals surface area contributed by atoms with E-state index in [4.69, 9.17) is 4.74 Å². The van der Waals surface area contributed by atoms with Crippen LogP contribution in [0.3, 0.4) is 0 Å². The molecule has 1 amide bonds. The van der Waals surface area contributed by atoms with E-state index in [1.165, 1.54) is 257 Å². The number of carbonyl (C=O) groups excluding carboxylic acids is 2. The van der Waals surface area contributed by atoms with Crippen LogP contribution in [0.4, 0.5) is 0 Å². The predicted molar refractivity (Wildman–Crippen MR) is 306 cm³/mol. The summed E-state index contributed by atoms with van der Waals surface area (Å²) < 4.78 is 5.50. The van der Waals surface area contributed by atoms with Gasteiger partial charge >= 0.3 is 5.97 Å². The van der Waals surface area contributed by atoms with E-state index in [1.807, 2.05) is 6.08 Å². The summed E-state index contributed by atoms with van der Waals surface area (Å²) in [4.78, 5) is 24.5. The average Bonchev–Trinajstić information content (AvgIpc) is 3.36. The molecule has 0 heterocycles. The minimum Gasteiger partial charge on any atom is -0.466 e. The van der Waals surface area contributed by atoms with Crippen LogP contribution in [0.25, 0.3) is 0 Å². The van der Waals surface area contributed by atoms with Crippen molar-refractivity contribution in [1.82, 2.24) is 5.32 Å². The molecule has 0 saturated heterocycles. The Morgan fingerprint density at radius 2 is 0.671 bits per heavy atom. The van der Waals surface area contributed by atoms with Gasteiger partial charge in [-0.2, -0.15) is 0 Å². The second kappa shape index (κ2) is 59.6. The molecular formula is C64H121NO5. The molecule has 0 aromatic rings. The highest BCUT2D eigenvalue weighted by Gasteiger charge is 2.18. The number of carbonyl (C=O) groups is 2. The Morgan fingerprint density at radius 1 is 0.386 bits per heavy atom. The van der Waals surface area contributed by atoms with Crippen molar-refractivity contribution in [3.05, 3.63) is 36.5 Å². The number of aliphatic hydroxyl groups excluding tert-OH is 2. The third-order valence-corrected chi connectivity index (χ3v) is 14.4. The fourth-order valence-electron chi connectivity index (χ4n) is 9.57. The standard InChI is InChI=1S/C64H121NO5/c1-3-5-7-9-11-13-15-17-18-19-23-27-30-34-38-42-46-50-54-58-64(69)70-59-55-51-47-43-39-35-31-28-25-22-20-21-24-26-29-33-37-41-45-49-53-57-63(68)65-61(60-66)62(67)56-52-48-44-40-36-32-16-14-12-10-8-6-4-2/h17-18,21,24,52,56,61-62,66-67H,3-16,19-20,22-23,25-51,53-55,57-60H2,1-2H3,(H,65,68)/b18-17-,24-21-,56-52+. The average molecular weight is 985 g/mol. The molecule has 2 unspecified atom stereocenters. The first-order valence-corrected chi connectivity index (χ1v) is 31.3. The van der Waals surface area contributed by atoms with Crippen molar-refractivity contribution < 1.29 is 24.5 Å². The van der Waals surface area contributed by atoms with Crippen LogP contribution in [-0.4, -0.2) is 47.4 Å². The van der Waals surface area contributed by atoms with E-state index >= 15 is 0 Å². The molecule has 0 saturated carbocycles. The molecule has 0 aliphatic heterocycles. The summed E-state index contributed by atoms with van der Waals surface area (Å²) in [5.41, 5.74) is 0. The van der Waals surface area contributed by atoms with Gasteiger partial charge in [-0.1, -0.05) is 275 Å². The van der Waals surface area contributed by atoms with Crippen LogP contribution < -0.4 is 5.32 Å². The molecule has 6 nitrogen and oxygen atoms in total. The summed E-state index contributed by atoms with van der Waals surface area (Å²) in [7, 11) is 0. The molecule has 0 aliphatic rings. The van der Waals surface area contributed by atoms with Crippen LogP contribution in [0, 0.1) is 0 Å². The second-order valence-electron chi connectivity index (χ2n) is 21.4. The van der Waals surface area contributed by atoms with Crippen molar-refractivity contribution in [2.24, 2.45) is 0 Å². The van der Waals surface area contributed by atoms with Gasteiger partial charge in [-0.25, -0.2) is 0 Å². The van der Waals surface area contributed by atoms with Crippen LogP contribution in [0.1, 0.15) is 335 Å². The number of hydrogen-bond acceptors (Lipinski definition) is 5. The van der Waals surface area contributed by atoms with Crippen molar-refractivity contribution in [3.63, 3.8) is 0 Å². The van der Waals surface area contributed by atoms with E-state index in [1.54, 1.807) is 6.08 Å². The molecular weight excluding hydrogens is 863 g/mol. The lowest BCUT2D eigenvalue weighted by atomic mass is 10.0. The lowest BCUT2D eigenvalue weighted by Crippen LogP contribution is -2.45. The molecule has 3 N–H and O–H groups in total. The fraction of sp³-hybridized carbons (Fsp3) is 0.875. The molecule has 2 atom stereocenters. The number of unbranched alkanes of at least 4 members (excludes halogenated alkanes) is 43. The van der Waals surface area contributed by atoms with Gasteiger partial charge in [-0.15, -0.1) is 0 Å². The Balaban J connectivity index is 3.42. The zero-order valence-electron chi connectivity index (χ0n) is 47.0. The highest BCUT2D eigenvalue weighted by molar-refractivity contribution is 5.76. The van der Waals surface area contributed by atoms with Gasteiger partial charge in [0.1, 0.15) is 0 Å². The van der Waals surface area contributed by atoms with Crippen LogP contribution in [0.15, 0.2) is 36.5 Å².